The van der Waals surface area contributed by atoms with Crippen molar-refractivity contribution in [3.8, 4) is 16.9 Å². The number of ether oxygens (including phenoxy) is 1. The van der Waals surface area contributed by atoms with Crippen LogP contribution in [0.4, 0.5) is 0 Å². The lowest BCUT2D eigenvalue weighted by Crippen LogP contribution is -2.37. The van der Waals surface area contributed by atoms with Gasteiger partial charge in [-0.2, -0.15) is 0 Å². The maximum atomic E-state index is 5.86. The van der Waals surface area contributed by atoms with Gasteiger partial charge in [0, 0.05) is 11.6 Å². The number of hydrogen-bond donors (Lipinski definition) is 2. The van der Waals surface area contributed by atoms with E-state index in [1.54, 1.807) is 0 Å². The van der Waals surface area contributed by atoms with Crippen LogP contribution in [0.2, 0.25) is 0 Å². The molecule has 0 unspecified atom stereocenters. The van der Waals surface area contributed by atoms with Gasteiger partial charge in [0.15, 0.2) is 5.96 Å². The molecule has 0 aliphatic carbocycles. The number of para-hydroxylation sites is 1. The molecule has 0 aromatic heterocycles. The normalized spacial score (nSPS) is 11.5. The predicted molar refractivity (Wildman–Crippen MR) is 92.1 cm³/mol. The lowest BCUT2D eigenvalue weighted by molar-refractivity contribution is 0.330. The first-order valence-corrected chi connectivity index (χ1v) is 7.50. The number of guanidine groups is 1. The van der Waals surface area contributed by atoms with Gasteiger partial charge in [-0.3, -0.25) is 0 Å². The summed E-state index contributed by atoms with van der Waals surface area (Å²) in [5.41, 5.74) is 7.98. The molecule has 0 spiro atoms. The van der Waals surface area contributed by atoms with Crippen molar-refractivity contribution >= 4 is 5.96 Å². The van der Waals surface area contributed by atoms with E-state index in [4.69, 9.17) is 10.5 Å². The minimum Gasteiger partial charge on any atom is -0.491 e. The van der Waals surface area contributed by atoms with Crippen LogP contribution in [0.5, 0.6) is 5.75 Å². The molecule has 0 aliphatic heterocycles. The number of hydrogen-bond acceptors (Lipinski definition) is 2. The average molecular weight is 297 g/mol. The molecule has 0 saturated carbocycles. The average Bonchev–Trinajstić information content (AvgIpc) is 2.52. The molecule has 4 nitrogen and oxygen atoms in total. The Hall–Kier alpha value is -2.49. The second kappa shape index (κ2) is 8.08. The second-order valence-corrected chi connectivity index (χ2v) is 5.28. The second-order valence-electron chi connectivity index (χ2n) is 5.28. The van der Waals surface area contributed by atoms with Crippen molar-refractivity contribution in [2.24, 2.45) is 10.7 Å². The quantitative estimate of drug-likeness (QED) is 0.489. The van der Waals surface area contributed by atoms with Crippen LogP contribution in [0.3, 0.4) is 0 Å². The van der Waals surface area contributed by atoms with Gasteiger partial charge in [-0.15, -0.1) is 0 Å². The molecule has 2 rings (SSSR count). The summed E-state index contributed by atoms with van der Waals surface area (Å²) in [4.78, 5) is 4.24. The highest BCUT2D eigenvalue weighted by Crippen LogP contribution is 2.29. The topological polar surface area (TPSA) is 59.6 Å². The molecule has 3 N–H and O–H groups in total. The molecule has 0 atom stereocenters. The number of rotatable bonds is 6. The Morgan fingerprint density at radius 1 is 1.09 bits per heavy atom. The monoisotopic (exact) mass is 297 g/mol. The first-order chi connectivity index (χ1) is 10.7. The number of nitrogens with zero attached hydrogens (tertiary/aromatic N) is 1. The number of benzene rings is 2. The van der Waals surface area contributed by atoms with Crippen LogP contribution < -0.4 is 15.8 Å². The summed E-state index contributed by atoms with van der Waals surface area (Å²) in [5.74, 6) is 1.31. The van der Waals surface area contributed by atoms with Gasteiger partial charge in [0.1, 0.15) is 12.4 Å². The minimum absolute atomic E-state index is 0.281. The fourth-order valence-corrected chi connectivity index (χ4v) is 2.11. The van der Waals surface area contributed by atoms with Crippen molar-refractivity contribution in [1.82, 2.24) is 5.32 Å². The standard InChI is InChI=1S/C18H23N3O/c1-14(2)21-18(19)20-12-13-22-17-11-7-6-10-16(17)15-8-4-3-5-9-15/h3-11,14H,12-13H2,1-2H3,(H3,19,20,21). The van der Waals surface area contributed by atoms with Gasteiger partial charge >= 0.3 is 0 Å². The van der Waals surface area contributed by atoms with Crippen LogP contribution in [0.1, 0.15) is 13.8 Å². The molecule has 0 amide bonds. The van der Waals surface area contributed by atoms with E-state index in [-0.39, 0.29) is 6.04 Å². The van der Waals surface area contributed by atoms with Crippen molar-refractivity contribution in [1.29, 1.82) is 0 Å². The van der Waals surface area contributed by atoms with Crippen molar-refractivity contribution in [2.45, 2.75) is 19.9 Å². The molecule has 0 fully saturated rings. The molecule has 0 bridgehead atoms. The summed E-state index contributed by atoms with van der Waals surface area (Å²) in [6.07, 6.45) is 0. The highest BCUT2D eigenvalue weighted by molar-refractivity contribution is 5.78. The lowest BCUT2D eigenvalue weighted by Gasteiger charge is -2.11. The summed E-state index contributed by atoms with van der Waals surface area (Å²) in [6, 6.07) is 18.5. The number of nitrogens with two attached hydrogens (primary N) is 1. The van der Waals surface area contributed by atoms with E-state index in [2.05, 4.69) is 28.5 Å². The fraction of sp³-hybridized carbons (Fsp3) is 0.278. The van der Waals surface area contributed by atoms with E-state index >= 15 is 0 Å². The van der Waals surface area contributed by atoms with E-state index in [0.717, 1.165) is 16.9 Å². The van der Waals surface area contributed by atoms with Gasteiger partial charge in [-0.05, 0) is 25.5 Å². The summed E-state index contributed by atoms with van der Waals surface area (Å²) in [5, 5.41) is 3.05. The lowest BCUT2D eigenvalue weighted by atomic mass is 10.1. The third-order valence-electron chi connectivity index (χ3n) is 3.04. The first-order valence-electron chi connectivity index (χ1n) is 7.50. The van der Waals surface area contributed by atoms with Gasteiger partial charge in [-0.1, -0.05) is 48.5 Å². The number of aliphatic imine (C=N–C) groups is 1. The summed E-state index contributed by atoms with van der Waals surface area (Å²) >= 11 is 0. The van der Waals surface area contributed by atoms with Crippen LogP contribution in [0.15, 0.2) is 59.6 Å². The Morgan fingerprint density at radius 3 is 2.50 bits per heavy atom. The molecular formula is C18H23N3O. The van der Waals surface area contributed by atoms with Gasteiger partial charge in [-0.25, -0.2) is 4.99 Å². The Bertz CT molecular complexity index is 609. The van der Waals surface area contributed by atoms with Crippen molar-refractivity contribution in [3.05, 3.63) is 54.6 Å². The smallest absolute Gasteiger partial charge is 0.188 e. The highest BCUT2D eigenvalue weighted by atomic mass is 16.5. The van der Waals surface area contributed by atoms with E-state index in [1.165, 1.54) is 0 Å². The maximum Gasteiger partial charge on any atom is 0.188 e. The minimum atomic E-state index is 0.281. The van der Waals surface area contributed by atoms with E-state index in [1.807, 2.05) is 50.2 Å². The van der Waals surface area contributed by atoms with Gasteiger partial charge in [0.05, 0.1) is 6.54 Å². The molecule has 0 aliphatic rings. The van der Waals surface area contributed by atoms with E-state index in [9.17, 15) is 0 Å². The molecule has 0 heterocycles. The molecule has 4 heteroatoms. The Labute approximate surface area is 132 Å². The maximum absolute atomic E-state index is 5.86. The summed E-state index contributed by atoms with van der Waals surface area (Å²) in [6.45, 7) is 5.06. The van der Waals surface area contributed by atoms with E-state index < -0.39 is 0 Å². The fourth-order valence-electron chi connectivity index (χ4n) is 2.11. The largest absolute Gasteiger partial charge is 0.491 e. The first kappa shape index (κ1) is 15.9. The zero-order chi connectivity index (χ0) is 15.8. The van der Waals surface area contributed by atoms with Crippen LogP contribution in [-0.2, 0) is 0 Å². The molecule has 22 heavy (non-hydrogen) atoms. The predicted octanol–water partition coefficient (Wildman–Crippen LogP) is 3.05. The van der Waals surface area contributed by atoms with Gasteiger partial charge < -0.3 is 15.8 Å². The van der Waals surface area contributed by atoms with Crippen molar-refractivity contribution < 1.29 is 4.74 Å². The highest BCUT2D eigenvalue weighted by Gasteiger charge is 2.04. The summed E-state index contributed by atoms with van der Waals surface area (Å²) in [7, 11) is 0. The van der Waals surface area contributed by atoms with Crippen LogP contribution in [0.25, 0.3) is 11.1 Å². The molecule has 0 saturated heterocycles. The Morgan fingerprint density at radius 2 is 1.77 bits per heavy atom. The van der Waals surface area contributed by atoms with Crippen LogP contribution in [-0.4, -0.2) is 25.2 Å². The summed E-state index contributed by atoms with van der Waals surface area (Å²) < 4.78 is 5.86. The Balaban J connectivity index is 1.97. The molecule has 2 aromatic carbocycles. The molecular weight excluding hydrogens is 274 g/mol. The third-order valence-corrected chi connectivity index (χ3v) is 3.04. The molecule has 2 aromatic rings. The third kappa shape index (κ3) is 4.81. The molecule has 0 radical (unpaired) electrons. The van der Waals surface area contributed by atoms with Crippen LogP contribution >= 0.6 is 0 Å². The van der Waals surface area contributed by atoms with E-state index in [0.29, 0.717) is 19.1 Å². The van der Waals surface area contributed by atoms with Gasteiger partial charge in [0.25, 0.3) is 0 Å². The zero-order valence-electron chi connectivity index (χ0n) is 13.1. The Kier molecular flexibility index (Phi) is 5.83. The van der Waals surface area contributed by atoms with Gasteiger partial charge in [0.2, 0.25) is 0 Å². The zero-order valence-corrected chi connectivity index (χ0v) is 13.1. The van der Waals surface area contributed by atoms with Crippen molar-refractivity contribution in [3.63, 3.8) is 0 Å². The number of nitrogens with one attached hydrogen (secondary N) is 1. The van der Waals surface area contributed by atoms with Crippen molar-refractivity contribution in [2.75, 3.05) is 13.2 Å². The van der Waals surface area contributed by atoms with Crippen LogP contribution in [0, 0.1) is 0 Å². The molecule has 116 valence electrons. The SMILES string of the molecule is CC(C)NC(N)=NCCOc1ccccc1-c1ccccc1.